The van der Waals surface area contributed by atoms with E-state index in [1.54, 1.807) is 0 Å². The van der Waals surface area contributed by atoms with Crippen LogP contribution in [0.25, 0.3) is 0 Å². The Hall–Kier alpha value is -0.450. The summed E-state index contributed by atoms with van der Waals surface area (Å²) in [6.45, 7) is 1.99. The lowest BCUT2D eigenvalue weighted by atomic mass is 10.2. The molecule has 0 saturated heterocycles. The topological polar surface area (TPSA) is 17.1 Å². The summed E-state index contributed by atoms with van der Waals surface area (Å²) in [6, 6.07) is 5.68. The van der Waals surface area contributed by atoms with Crippen LogP contribution in [0.1, 0.15) is 20.1 Å². The highest BCUT2D eigenvalue weighted by Gasteiger charge is 2.13. The number of carbonyl (C=O) groups excluding carboxylic acids is 1. The fraction of sp³-hybridized carbons (Fsp3) is 0.100. The van der Waals surface area contributed by atoms with Crippen molar-refractivity contribution in [3.63, 3.8) is 0 Å². The molecule has 0 atom stereocenters. The second-order valence-corrected chi connectivity index (χ2v) is 6.19. The maximum atomic E-state index is 11.9. The molecule has 0 aliphatic carbocycles. The minimum absolute atomic E-state index is 0.124. The van der Waals surface area contributed by atoms with E-state index in [9.17, 15) is 4.79 Å². The summed E-state index contributed by atoms with van der Waals surface area (Å²) in [5.41, 5.74) is 1.12. The second-order valence-electron chi connectivity index (χ2n) is 2.87. The molecule has 0 fully saturated rings. The van der Waals surface area contributed by atoms with E-state index in [4.69, 9.17) is 0 Å². The van der Waals surface area contributed by atoms with E-state index < -0.39 is 0 Å². The average molecular weight is 287 g/mol. The van der Waals surface area contributed by atoms with Gasteiger partial charge >= 0.3 is 0 Å². The molecule has 0 aromatic carbocycles. The van der Waals surface area contributed by atoms with Crippen LogP contribution in [0.4, 0.5) is 0 Å². The minimum Gasteiger partial charge on any atom is -0.287 e. The van der Waals surface area contributed by atoms with E-state index in [1.807, 2.05) is 30.5 Å². The Labute approximate surface area is 98.5 Å². The van der Waals surface area contributed by atoms with E-state index in [0.29, 0.717) is 0 Å². The van der Waals surface area contributed by atoms with Crippen LogP contribution in [-0.2, 0) is 0 Å². The highest BCUT2D eigenvalue weighted by atomic mass is 79.9. The van der Waals surface area contributed by atoms with E-state index in [1.165, 1.54) is 22.7 Å². The van der Waals surface area contributed by atoms with Crippen LogP contribution in [0.5, 0.6) is 0 Å². The van der Waals surface area contributed by atoms with Crippen molar-refractivity contribution in [2.75, 3.05) is 0 Å². The van der Waals surface area contributed by atoms with Crippen LogP contribution in [-0.4, -0.2) is 5.78 Å². The highest BCUT2D eigenvalue weighted by Crippen LogP contribution is 2.29. The first-order valence-corrected chi connectivity index (χ1v) is 6.51. The van der Waals surface area contributed by atoms with Gasteiger partial charge < -0.3 is 0 Å². The van der Waals surface area contributed by atoms with Gasteiger partial charge in [0.1, 0.15) is 0 Å². The first-order valence-electron chi connectivity index (χ1n) is 4.02. The molecule has 14 heavy (non-hydrogen) atoms. The molecule has 2 aromatic heterocycles. The fourth-order valence-electron chi connectivity index (χ4n) is 1.10. The van der Waals surface area contributed by atoms with Crippen molar-refractivity contribution < 1.29 is 4.79 Å². The summed E-state index contributed by atoms with van der Waals surface area (Å²) in [5, 5.41) is 1.92. The van der Waals surface area contributed by atoms with E-state index in [0.717, 1.165) is 19.1 Å². The van der Waals surface area contributed by atoms with Gasteiger partial charge in [-0.2, -0.15) is 0 Å². The smallest absolute Gasteiger partial charge is 0.212 e. The number of halogens is 1. The van der Waals surface area contributed by atoms with E-state index in [-0.39, 0.29) is 5.78 Å². The van der Waals surface area contributed by atoms with Gasteiger partial charge in [0.15, 0.2) is 0 Å². The Bertz CT molecular complexity index is 437. The summed E-state index contributed by atoms with van der Waals surface area (Å²) >= 11 is 6.39. The molecule has 2 rings (SSSR count). The van der Waals surface area contributed by atoms with E-state index in [2.05, 4.69) is 15.9 Å². The molecule has 0 saturated carbocycles. The molecule has 0 bridgehead atoms. The van der Waals surface area contributed by atoms with E-state index >= 15 is 0 Å². The van der Waals surface area contributed by atoms with Gasteiger partial charge in [0.2, 0.25) is 5.78 Å². The van der Waals surface area contributed by atoms with Crippen LogP contribution < -0.4 is 0 Å². The predicted octanol–water partition coefficient (Wildman–Crippen LogP) is 4.11. The SMILES string of the molecule is Cc1cc(C(=O)c2cccs2)sc1Br. The Morgan fingerprint density at radius 3 is 2.71 bits per heavy atom. The molecule has 0 radical (unpaired) electrons. The maximum absolute atomic E-state index is 11.9. The number of ketones is 1. The first kappa shape index (κ1) is 10.1. The zero-order valence-electron chi connectivity index (χ0n) is 7.41. The van der Waals surface area contributed by atoms with Crippen LogP contribution in [0, 0.1) is 6.92 Å². The van der Waals surface area contributed by atoms with Crippen molar-refractivity contribution in [3.8, 4) is 0 Å². The molecule has 1 nitrogen and oxygen atoms in total. The Morgan fingerprint density at radius 2 is 2.21 bits per heavy atom. The molecular weight excluding hydrogens is 280 g/mol. The number of hydrogen-bond acceptors (Lipinski definition) is 3. The summed E-state index contributed by atoms with van der Waals surface area (Å²) in [5.74, 6) is 0.124. The Kier molecular flexibility index (Phi) is 2.85. The minimum atomic E-state index is 0.124. The third-order valence-electron chi connectivity index (χ3n) is 1.83. The molecule has 4 heteroatoms. The lowest BCUT2D eigenvalue weighted by molar-refractivity contribution is 0.104. The van der Waals surface area contributed by atoms with Crippen LogP contribution in [0.3, 0.4) is 0 Å². The normalized spacial score (nSPS) is 10.4. The van der Waals surface area contributed by atoms with Gasteiger partial charge in [-0.3, -0.25) is 4.79 Å². The van der Waals surface area contributed by atoms with Crippen molar-refractivity contribution in [2.45, 2.75) is 6.92 Å². The number of hydrogen-bond donors (Lipinski definition) is 0. The standard InChI is InChI=1S/C10H7BrOS2/c1-6-5-8(14-10(6)11)9(12)7-3-2-4-13-7/h2-5H,1H3. The van der Waals surface area contributed by atoms with Crippen LogP contribution in [0.15, 0.2) is 27.4 Å². The third kappa shape index (κ3) is 1.82. The highest BCUT2D eigenvalue weighted by molar-refractivity contribution is 9.11. The monoisotopic (exact) mass is 286 g/mol. The van der Waals surface area contributed by atoms with Crippen LogP contribution in [0.2, 0.25) is 0 Å². The molecule has 0 aliphatic rings. The first-order chi connectivity index (χ1) is 6.68. The number of aryl methyl sites for hydroxylation is 1. The van der Waals surface area contributed by atoms with Gasteiger partial charge in [0, 0.05) is 0 Å². The van der Waals surface area contributed by atoms with Crippen molar-refractivity contribution >= 4 is 44.4 Å². The zero-order chi connectivity index (χ0) is 10.1. The molecular formula is C10H7BrOS2. The van der Waals surface area contributed by atoms with Gasteiger partial charge in [-0.1, -0.05) is 6.07 Å². The second kappa shape index (κ2) is 3.96. The molecule has 72 valence electrons. The van der Waals surface area contributed by atoms with Crippen molar-refractivity contribution in [1.82, 2.24) is 0 Å². The molecule has 2 aromatic rings. The third-order valence-corrected chi connectivity index (χ3v) is 4.83. The average Bonchev–Trinajstić information content (AvgIpc) is 2.76. The summed E-state index contributed by atoms with van der Waals surface area (Å²) in [6.07, 6.45) is 0. The molecule has 0 unspecified atom stereocenters. The number of carbonyl (C=O) groups is 1. The Morgan fingerprint density at radius 1 is 1.43 bits per heavy atom. The molecule has 2 heterocycles. The van der Waals surface area contributed by atoms with Crippen molar-refractivity contribution in [3.05, 3.63) is 42.7 Å². The Balaban J connectivity index is 2.37. The fourth-order valence-corrected chi connectivity index (χ4v) is 3.33. The van der Waals surface area contributed by atoms with Gasteiger partial charge in [-0.15, -0.1) is 22.7 Å². The van der Waals surface area contributed by atoms with Crippen LogP contribution >= 0.6 is 38.6 Å². The van der Waals surface area contributed by atoms with Gasteiger partial charge in [-0.25, -0.2) is 0 Å². The largest absolute Gasteiger partial charge is 0.287 e. The number of thiophene rings is 2. The maximum Gasteiger partial charge on any atom is 0.212 e. The molecule has 0 spiro atoms. The molecule has 0 amide bonds. The quantitative estimate of drug-likeness (QED) is 0.760. The zero-order valence-corrected chi connectivity index (χ0v) is 10.6. The number of rotatable bonds is 2. The van der Waals surface area contributed by atoms with Crippen molar-refractivity contribution in [1.29, 1.82) is 0 Å². The van der Waals surface area contributed by atoms with Gasteiger partial charge in [0.05, 0.1) is 13.5 Å². The lowest BCUT2D eigenvalue weighted by Gasteiger charge is -1.90. The molecule has 0 aliphatic heterocycles. The lowest BCUT2D eigenvalue weighted by Crippen LogP contribution is -1.93. The van der Waals surface area contributed by atoms with Crippen molar-refractivity contribution in [2.24, 2.45) is 0 Å². The van der Waals surface area contributed by atoms with Gasteiger partial charge in [-0.05, 0) is 45.9 Å². The summed E-state index contributed by atoms with van der Waals surface area (Å²) in [7, 11) is 0. The summed E-state index contributed by atoms with van der Waals surface area (Å²) < 4.78 is 1.04. The molecule has 0 N–H and O–H groups in total. The predicted molar refractivity (Wildman–Crippen MR) is 64.5 cm³/mol. The van der Waals surface area contributed by atoms with Gasteiger partial charge in [0.25, 0.3) is 0 Å². The summed E-state index contributed by atoms with van der Waals surface area (Å²) in [4.78, 5) is 13.5.